The summed E-state index contributed by atoms with van der Waals surface area (Å²) in [6.07, 6.45) is 0. The molecule has 0 saturated carbocycles. The highest BCUT2D eigenvalue weighted by atomic mass is 16.5. The summed E-state index contributed by atoms with van der Waals surface area (Å²) < 4.78 is 5.44. The lowest BCUT2D eigenvalue weighted by atomic mass is 10.0. The van der Waals surface area contributed by atoms with Gasteiger partial charge in [0.15, 0.2) is 6.61 Å². The molecular formula is C21H20N2O2. The maximum atomic E-state index is 11.9. The first-order chi connectivity index (χ1) is 12.1. The van der Waals surface area contributed by atoms with Gasteiger partial charge in [-0.1, -0.05) is 54.1 Å². The normalized spacial score (nSPS) is 11.4. The zero-order valence-corrected chi connectivity index (χ0v) is 14.3. The first-order valence-corrected chi connectivity index (χ1v) is 8.13. The number of rotatable bonds is 5. The topological polar surface area (TPSA) is 50.7 Å². The van der Waals surface area contributed by atoms with Crippen molar-refractivity contribution in [2.75, 3.05) is 6.61 Å². The minimum atomic E-state index is -0.291. The quantitative estimate of drug-likeness (QED) is 0.566. The van der Waals surface area contributed by atoms with Crippen LogP contribution in [0.15, 0.2) is 71.8 Å². The van der Waals surface area contributed by atoms with Crippen LogP contribution >= 0.6 is 0 Å². The van der Waals surface area contributed by atoms with E-state index in [-0.39, 0.29) is 12.5 Å². The molecule has 0 spiro atoms. The molecule has 3 rings (SSSR count). The van der Waals surface area contributed by atoms with Crippen LogP contribution in [0, 0.1) is 6.92 Å². The van der Waals surface area contributed by atoms with Gasteiger partial charge in [0.25, 0.3) is 5.91 Å². The van der Waals surface area contributed by atoms with Crippen LogP contribution in [0.2, 0.25) is 0 Å². The van der Waals surface area contributed by atoms with Crippen LogP contribution in [0.4, 0.5) is 0 Å². The molecule has 126 valence electrons. The first-order valence-electron chi connectivity index (χ1n) is 8.13. The highest BCUT2D eigenvalue weighted by Crippen LogP contribution is 2.16. The number of nitrogens with zero attached hydrogens (tertiary/aromatic N) is 1. The van der Waals surface area contributed by atoms with Crippen molar-refractivity contribution in [1.29, 1.82) is 0 Å². The van der Waals surface area contributed by atoms with Crippen LogP contribution in [0.1, 0.15) is 18.1 Å². The monoisotopic (exact) mass is 332 g/mol. The number of carbonyl (C=O) groups is 1. The molecule has 0 heterocycles. The van der Waals surface area contributed by atoms with E-state index in [2.05, 4.69) is 28.7 Å². The molecule has 0 saturated heterocycles. The summed E-state index contributed by atoms with van der Waals surface area (Å²) in [5, 5.41) is 6.48. The Balaban J connectivity index is 1.59. The summed E-state index contributed by atoms with van der Waals surface area (Å²) in [5.74, 6) is 0.372. The van der Waals surface area contributed by atoms with Gasteiger partial charge in [-0.3, -0.25) is 4.79 Å². The minimum Gasteiger partial charge on any atom is -0.484 e. The summed E-state index contributed by atoms with van der Waals surface area (Å²) >= 11 is 0. The lowest BCUT2D eigenvalue weighted by Crippen LogP contribution is -2.25. The Morgan fingerprint density at radius 2 is 1.72 bits per heavy atom. The van der Waals surface area contributed by atoms with Crippen LogP contribution in [0.25, 0.3) is 10.8 Å². The number of fused-ring (bicyclic) bond motifs is 1. The highest BCUT2D eigenvalue weighted by molar-refractivity contribution is 6.02. The van der Waals surface area contributed by atoms with E-state index >= 15 is 0 Å². The van der Waals surface area contributed by atoms with Crippen LogP contribution in [-0.2, 0) is 4.79 Å². The molecule has 0 fully saturated rings. The van der Waals surface area contributed by atoms with Gasteiger partial charge in [-0.2, -0.15) is 5.10 Å². The van der Waals surface area contributed by atoms with E-state index in [0.29, 0.717) is 5.75 Å². The van der Waals surface area contributed by atoms with E-state index in [9.17, 15) is 4.79 Å². The fourth-order valence-electron chi connectivity index (χ4n) is 2.44. The van der Waals surface area contributed by atoms with E-state index < -0.39 is 0 Å². The van der Waals surface area contributed by atoms with E-state index in [1.54, 1.807) is 0 Å². The lowest BCUT2D eigenvalue weighted by molar-refractivity contribution is -0.123. The van der Waals surface area contributed by atoms with E-state index in [0.717, 1.165) is 22.2 Å². The summed E-state index contributed by atoms with van der Waals surface area (Å²) in [6.45, 7) is 3.80. The third-order valence-corrected chi connectivity index (χ3v) is 3.91. The predicted octanol–water partition coefficient (Wildman–Crippen LogP) is 4.07. The Labute approximate surface area is 147 Å². The largest absolute Gasteiger partial charge is 0.484 e. The second-order valence-corrected chi connectivity index (χ2v) is 5.90. The average Bonchev–Trinajstić information content (AvgIpc) is 2.65. The number of hydrogen-bond acceptors (Lipinski definition) is 3. The number of benzene rings is 3. The molecule has 3 aromatic carbocycles. The third kappa shape index (κ3) is 4.44. The van der Waals surface area contributed by atoms with Crippen LogP contribution in [0.3, 0.4) is 0 Å². The van der Waals surface area contributed by atoms with Crippen molar-refractivity contribution in [1.82, 2.24) is 5.43 Å². The maximum absolute atomic E-state index is 11.9. The van der Waals surface area contributed by atoms with Gasteiger partial charge >= 0.3 is 0 Å². The smallest absolute Gasteiger partial charge is 0.277 e. The Kier molecular flexibility index (Phi) is 5.09. The zero-order valence-electron chi connectivity index (χ0n) is 14.3. The molecular weight excluding hydrogens is 312 g/mol. The molecule has 0 atom stereocenters. The van der Waals surface area contributed by atoms with Crippen molar-refractivity contribution in [3.05, 3.63) is 77.9 Å². The maximum Gasteiger partial charge on any atom is 0.277 e. The molecule has 0 bridgehead atoms. The summed E-state index contributed by atoms with van der Waals surface area (Å²) in [7, 11) is 0. The average molecular weight is 332 g/mol. The van der Waals surface area contributed by atoms with E-state index in [1.807, 2.05) is 62.4 Å². The standard InChI is InChI=1S/C21H20N2O2/c1-15-7-11-20(12-8-15)25-14-21(24)23-22-16(2)18-10-9-17-5-3-4-6-19(17)13-18/h3-13H,14H2,1-2H3,(H,23,24)/b22-16-. The van der Waals surface area contributed by atoms with Crippen molar-refractivity contribution in [2.24, 2.45) is 5.10 Å². The second-order valence-electron chi connectivity index (χ2n) is 5.90. The predicted molar refractivity (Wildman–Crippen MR) is 101 cm³/mol. The first kappa shape index (κ1) is 16.7. The van der Waals surface area contributed by atoms with Gasteiger partial charge in [0, 0.05) is 0 Å². The molecule has 3 aromatic rings. The molecule has 0 unspecified atom stereocenters. The summed E-state index contributed by atoms with van der Waals surface area (Å²) in [6, 6.07) is 21.8. The SMILES string of the molecule is C/C(=N/NC(=O)COc1ccc(C)cc1)c1ccc2ccccc2c1. The van der Waals surface area contributed by atoms with Crippen LogP contribution in [0.5, 0.6) is 5.75 Å². The molecule has 0 aliphatic carbocycles. The minimum absolute atomic E-state index is 0.0719. The number of amides is 1. The van der Waals surface area contributed by atoms with Crippen LogP contribution < -0.4 is 10.2 Å². The molecule has 0 aliphatic rings. The van der Waals surface area contributed by atoms with Gasteiger partial charge in [0.05, 0.1) is 5.71 Å². The Morgan fingerprint density at radius 1 is 1.00 bits per heavy atom. The Bertz CT molecular complexity index is 915. The fraction of sp³-hybridized carbons (Fsp3) is 0.143. The molecule has 4 heteroatoms. The summed E-state index contributed by atoms with van der Waals surface area (Å²) in [5.41, 5.74) is 5.40. The van der Waals surface area contributed by atoms with Gasteiger partial charge in [-0.25, -0.2) is 5.43 Å². The van der Waals surface area contributed by atoms with Crippen LogP contribution in [-0.4, -0.2) is 18.2 Å². The Morgan fingerprint density at radius 3 is 2.48 bits per heavy atom. The van der Waals surface area contributed by atoms with Gasteiger partial charge in [0.1, 0.15) is 5.75 Å². The number of ether oxygens (including phenoxy) is 1. The second kappa shape index (κ2) is 7.62. The van der Waals surface area contributed by atoms with Gasteiger partial charge in [-0.15, -0.1) is 0 Å². The van der Waals surface area contributed by atoms with Crippen molar-refractivity contribution in [2.45, 2.75) is 13.8 Å². The molecule has 25 heavy (non-hydrogen) atoms. The van der Waals surface area contributed by atoms with Gasteiger partial charge in [0.2, 0.25) is 0 Å². The molecule has 1 N–H and O–H groups in total. The molecule has 4 nitrogen and oxygen atoms in total. The van der Waals surface area contributed by atoms with E-state index in [1.165, 1.54) is 5.39 Å². The number of aryl methyl sites for hydroxylation is 1. The Hall–Kier alpha value is -3.14. The number of nitrogens with one attached hydrogen (secondary N) is 1. The molecule has 0 aliphatic heterocycles. The zero-order chi connectivity index (χ0) is 17.6. The molecule has 1 amide bonds. The van der Waals surface area contributed by atoms with Crippen molar-refractivity contribution >= 4 is 22.4 Å². The van der Waals surface area contributed by atoms with Gasteiger partial charge in [-0.05, 0) is 48.4 Å². The fourth-order valence-corrected chi connectivity index (χ4v) is 2.44. The number of carbonyl (C=O) groups excluding carboxylic acids is 1. The van der Waals surface area contributed by atoms with E-state index in [4.69, 9.17) is 4.74 Å². The summed E-state index contributed by atoms with van der Waals surface area (Å²) in [4.78, 5) is 11.9. The molecule has 0 radical (unpaired) electrons. The highest BCUT2D eigenvalue weighted by Gasteiger charge is 2.04. The van der Waals surface area contributed by atoms with Crippen molar-refractivity contribution in [3.63, 3.8) is 0 Å². The lowest BCUT2D eigenvalue weighted by Gasteiger charge is -2.07. The number of hydrogen-bond donors (Lipinski definition) is 1. The van der Waals surface area contributed by atoms with Gasteiger partial charge < -0.3 is 4.74 Å². The van der Waals surface area contributed by atoms with Crippen molar-refractivity contribution < 1.29 is 9.53 Å². The third-order valence-electron chi connectivity index (χ3n) is 3.91. The molecule has 0 aromatic heterocycles. The van der Waals surface area contributed by atoms with Crippen molar-refractivity contribution in [3.8, 4) is 5.75 Å². The number of hydrazone groups is 1.